The Morgan fingerprint density at radius 1 is 0.367 bits per heavy atom. The lowest BCUT2D eigenvalue weighted by atomic mass is 9.92. The average Bonchev–Trinajstić information content (AvgIpc) is 2.85. The summed E-state index contributed by atoms with van der Waals surface area (Å²) in [6.45, 7) is 0. The van der Waals surface area contributed by atoms with E-state index in [1.54, 1.807) is 6.20 Å². The van der Waals surface area contributed by atoms with Gasteiger partial charge < -0.3 is 0 Å². The minimum absolute atomic E-state index is 0.828. The molecule has 0 fully saturated rings. The van der Waals surface area contributed by atoms with Gasteiger partial charge in [-0.2, -0.15) is 0 Å². The highest BCUT2D eigenvalue weighted by Crippen LogP contribution is 2.38. The van der Waals surface area contributed by atoms with Crippen LogP contribution in [0.25, 0.3) is 44.9 Å². The number of pyridine rings is 3. The molecule has 0 aliphatic rings. The molecular weight excluding hydrogens is 366 g/mol. The van der Waals surface area contributed by atoms with Gasteiger partial charge in [-0.1, -0.05) is 66.7 Å². The molecule has 3 heteroatoms. The van der Waals surface area contributed by atoms with Crippen molar-refractivity contribution in [1.82, 2.24) is 15.0 Å². The van der Waals surface area contributed by atoms with Crippen molar-refractivity contribution in [2.75, 3.05) is 0 Å². The molecule has 3 heterocycles. The van der Waals surface area contributed by atoms with Crippen molar-refractivity contribution in [3.8, 4) is 44.9 Å². The zero-order valence-corrected chi connectivity index (χ0v) is 16.3. The van der Waals surface area contributed by atoms with Crippen LogP contribution in [0.5, 0.6) is 0 Å². The van der Waals surface area contributed by atoms with E-state index in [-0.39, 0.29) is 0 Å². The first kappa shape index (κ1) is 18.0. The van der Waals surface area contributed by atoms with Crippen molar-refractivity contribution in [3.05, 3.63) is 116 Å². The second kappa shape index (κ2) is 8.10. The van der Waals surface area contributed by atoms with Gasteiger partial charge in [-0.15, -0.1) is 0 Å². The highest BCUT2D eigenvalue weighted by molar-refractivity contribution is 5.92. The molecule has 3 aromatic heterocycles. The molecular formula is C27H19N3. The molecule has 2 aromatic carbocycles. The SMILES string of the molecule is c1ccc(-c2ccccc2-c2cccnc2-c2ncccc2-c2ccccn2)cc1. The van der Waals surface area contributed by atoms with Gasteiger partial charge in [-0.3, -0.25) is 15.0 Å². The van der Waals surface area contributed by atoms with Gasteiger partial charge in [0.2, 0.25) is 0 Å². The summed E-state index contributed by atoms with van der Waals surface area (Å²) in [6, 6.07) is 32.8. The second-order valence-electron chi connectivity index (χ2n) is 6.93. The van der Waals surface area contributed by atoms with Crippen LogP contribution in [-0.2, 0) is 0 Å². The lowest BCUT2D eigenvalue weighted by Crippen LogP contribution is -1.96. The monoisotopic (exact) mass is 385 g/mol. The fraction of sp³-hybridized carbons (Fsp3) is 0. The van der Waals surface area contributed by atoms with Crippen LogP contribution in [0.4, 0.5) is 0 Å². The van der Waals surface area contributed by atoms with Crippen molar-refractivity contribution in [1.29, 1.82) is 0 Å². The quantitative estimate of drug-likeness (QED) is 0.352. The van der Waals surface area contributed by atoms with Gasteiger partial charge >= 0.3 is 0 Å². The topological polar surface area (TPSA) is 38.7 Å². The van der Waals surface area contributed by atoms with Crippen molar-refractivity contribution >= 4 is 0 Å². The lowest BCUT2D eigenvalue weighted by molar-refractivity contribution is 1.23. The molecule has 0 aliphatic carbocycles. The van der Waals surface area contributed by atoms with Crippen LogP contribution in [0.15, 0.2) is 116 Å². The fourth-order valence-electron chi connectivity index (χ4n) is 3.72. The summed E-state index contributed by atoms with van der Waals surface area (Å²) in [6.07, 6.45) is 5.43. The molecule has 3 nitrogen and oxygen atoms in total. The zero-order valence-electron chi connectivity index (χ0n) is 16.3. The molecule has 0 radical (unpaired) electrons. The summed E-state index contributed by atoms with van der Waals surface area (Å²) >= 11 is 0. The van der Waals surface area contributed by atoms with Crippen molar-refractivity contribution < 1.29 is 0 Å². The molecule has 0 aliphatic heterocycles. The molecule has 0 N–H and O–H groups in total. The van der Waals surface area contributed by atoms with E-state index in [0.29, 0.717) is 0 Å². The van der Waals surface area contributed by atoms with Crippen molar-refractivity contribution in [2.45, 2.75) is 0 Å². The maximum atomic E-state index is 4.76. The lowest BCUT2D eigenvalue weighted by Gasteiger charge is -2.15. The molecule has 0 unspecified atom stereocenters. The van der Waals surface area contributed by atoms with E-state index < -0.39 is 0 Å². The van der Waals surface area contributed by atoms with Gasteiger partial charge in [0.05, 0.1) is 17.1 Å². The van der Waals surface area contributed by atoms with E-state index in [1.807, 2.05) is 54.9 Å². The van der Waals surface area contributed by atoms with Crippen LogP contribution >= 0.6 is 0 Å². The molecule has 0 saturated carbocycles. The highest BCUT2D eigenvalue weighted by Gasteiger charge is 2.17. The zero-order chi connectivity index (χ0) is 20.2. The number of hydrogen-bond donors (Lipinski definition) is 0. The van der Waals surface area contributed by atoms with Crippen molar-refractivity contribution in [3.63, 3.8) is 0 Å². The van der Waals surface area contributed by atoms with Gasteiger partial charge in [-0.05, 0) is 47.0 Å². The Labute approximate surface area is 175 Å². The summed E-state index contributed by atoms with van der Waals surface area (Å²) in [4.78, 5) is 14.0. The minimum Gasteiger partial charge on any atom is -0.256 e. The molecule has 0 atom stereocenters. The maximum Gasteiger partial charge on any atom is 0.0986 e. The molecule has 0 bridgehead atoms. The van der Waals surface area contributed by atoms with Crippen LogP contribution in [0.3, 0.4) is 0 Å². The Morgan fingerprint density at radius 3 is 1.67 bits per heavy atom. The van der Waals surface area contributed by atoms with Crippen LogP contribution in [0.1, 0.15) is 0 Å². The Bertz CT molecular complexity index is 1180. The van der Waals surface area contributed by atoms with Gasteiger partial charge in [0.1, 0.15) is 0 Å². The number of aromatic nitrogens is 3. The summed E-state index contributed by atoms with van der Waals surface area (Å²) in [5.41, 5.74) is 8.05. The van der Waals surface area contributed by atoms with E-state index in [9.17, 15) is 0 Å². The minimum atomic E-state index is 0.828. The molecule has 0 spiro atoms. The second-order valence-corrected chi connectivity index (χ2v) is 6.93. The van der Waals surface area contributed by atoms with Crippen LogP contribution in [-0.4, -0.2) is 15.0 Å². The Kier molecular flexibility index (Phi) is 4.84. The smallest absolute Gasteiger partial charge is 0.0986 e. The van der Waals surface area contributed by atoms with Gasteiger partial charge in [0.25, 0.3) is 0 Å². The largest absolute Gasteiger partial charge is 0.256 e. The Morgan fingerprint density at radius 2 is 0.933 bits per heavy atom. The normalized spacial score (nSPS) is 10.7. The van der Waals surface area contributed by atoms with Crippen molar-refractivity contribution in [2.24, 2.45) is 0 Å². The van der Waals surface area contributed by atoms with Gasteiger partial charge in [-0.25, -0.2) is 0 Å². The highest BCUT2D eigenvalue weighted by atomic mass is 14.8. The third kappa shape index (κ3) is 3.38. The summed E-state index contributed by atoms with van der Waals surface area (Å²) in [7, 11) is 0. The van der Waals surface area contributed by atoms with Gasteiger partial charge in [0, 0.05) is 29.7 Å². The third-order valence-electron chi connectivity index (χ3n) is 5.08. The predicted molar refractivity (Wildman–Crippen MR) is 122 cm³/mol. The molecule has 0 saturated heterocycles. The van der Waals surface area contributed by atoms with E-state index in [2.05, 4.69) is 59.6 Å². The summed E-state index contributed by atoms with van der Waals surface area (Å²) < 4.78 is 0. The fourth-order valence-corrected chi connectivity index (χ4v) is 3.72. The molecule has 0 amide bonds. The van der Waals surface area contributed by atoms with Crippen LogP contribution in [0, 0.1) is 0 Å². The predicted octanol–water partition coefficient (Wildman–Crippen LogP) is 6.54. The number of hydrogen-bond acceptors (Lipinski definition) is 3. The van der Waals surface area contributed by atoms with E-state index in [0.717, 1.165) is 33.8 Å². The average molecular weight is 385 g/mol. The molecule has 142 valence electrons. The maximum absolute atomic E-state index is 4.76. The Balaban J connectivity index is 1.73. The molecule has 5 rings (SSSR count). The first-order chi connectivity index (χ1) is 14.9. The first-order valence-electron chi connectivity index (χ1n) is 9.88. The first-order valence-corrected chi connectivity index (χ1v) is 9.88. The third-order valence-corrected chi connectivity index (χ3v) is 5.08. The summed E-state index contributed by atoms with van der Waals surface area (Å²) in [5.74, 6) is 0. The van der Waals surface area contributed by atoms with E-state index in [4.69, 9.17) is 9.97 Å². The van der Waals surface area contributed by atoms with E-state index >= 15 is 0 Å². The number of benzene rings is 2. The van der Waals surface area contributed by atoms with Crippen LogP contribution < -0.4 is 0 Å². The number of nitrogens with zero attached hydrogens (tertiary/aromatic N) is 3. The molecule has 5 aromatic rings. The molecule has 30 heavy (non-hydrogen) atoms. The standard InChI is InChI=1S/C27H19N3/c1-2-10-20(11-3-1)21-12-4-5-13-22(21)23-14-8-18-29-26(23)27-24(15-9-19-30-27)25-16-6-7-17-28-25/h1-19H. The van der Waals surface area contributed by atoms with Crippen LogP contribution in [0.2, 0.25) is 0 Å². The number of rotatable bonds is 4. The summed E-state index contributed by atoms with van der Waals surface area (Å²) in [5, 5.41) is 0. The van der Waals surface area contributed by atoms with Gasteiger partial charge in [0.15, 0.2) is 0 Å². The van der Waals surface area contributed by atoms with E-state index in [1.165, 1.54) is 11.1 Å². The Hall–Kier alpha value is -4.11.